The van der Waals surface area contributed by atoms with Crippen molar-refractivity contribution in [1.29, 1.82) is 0 Å². The molecule has 1 aromatic carbocycles. The minimum absolute atomic E-state index is 0.350. The van der Waals surface area contributed by atoms with E-state index in [4.69, 9.17) is 11.6 Å². The van der Waals surface area contributed by atoms with E-state index >= 15 is 0 Å². The second-order valence-corrected chi connectivity index (χ2v) is 4.41. The number of carbonyl (C=O) groups excluding carboxylic acids is 2. The second kappa shape index (κ2) is 4.37. The molecule has 1 fully saturated rings. The standard InChI is InChI=1S/C12H12ClNO3/c1-17-11(16)12(6-7-12)10(15)14-9-5-3-2-4-8(9)13/h2-5H,6-7H2,1H3,(H,14,15). The number of rotatable bonds is 3. The fraction of sp³-hybridized carbons (Fsp3) is 0.333. The first-order valence-electron chi connectivity index (χ1n) is 5.24. The van der Waals surface area contributed by atoms with Crippen LogP contribution in [0.15, 0.2) is 24.3 Å². The van der Waals surface area contributed by atoms with Gasteiger partial charge in [0.2, 0.25) is 5.91 Å². The number of ether oxygens (including phenoxy) is 1. The van der Waals surface area contributed by atoms with Crippen LogP contribution in [-0.2, 0) is 14.3 Å². The molecule has 4 nitrogen and oxygen atoms in total. The summed E-state index contributed by atoms with van der Waals surface area (Å²) in [6.45, 7) is 0. The average Bonchev–Trinajstić information content (AvgIpc) is 3.12. The normalized spacial score (nSPS) is 16.1. The first kappa shape index (κ1) is 11.9. The van der Waals surface area contributed by atoms with Crippen LogP contribution in [-0.4, -0.2) is 19.0 Å². The Morgan fingerprint density at radius 1 is 1.35 bits per heavy atom. The molecule has 1 aliphatic carbocycles. The quantitative estimate of drug-likeness (QED) is 0.664. The molecule has 0 saturated heterocycles. The van der Waals surface area contributed by atoms with Crippen molar-refractivity contribution in [2.45, 2.75) is 12.8 Å². The number of halogens is 1. The van der Waals surface area contributed by atoms with Crippen LogP contribution >= 0.6 is 11.6 Å². The van der Waals surface area contributed by atoms with Crippen molar-refractivity contribution in [3.05, 3.63) is 29.3 Å². The van der Waals surface area contributed by atoms with Crippen LogP contribution in [0.5, 0.6) is 0 Å². The zero-order valence-electron chi connectivity index (χ0n) is 9.33. The summed E-state index contributed by atoms with van der Waals surface area (Å²) in [5, 5.41) is 3.10. The van der Waals surface area contributed by atoms with E-state index in [-0.39, 0.29) is 5.91 Å². The van der Waals surface area contributed by atoms with Gasteiger partial charge in [-0.15, -0.1) is 0 Å². The van der Waals surface area contributed by atoms with Crippen molar-refractivity contribution in [3.8, 4) is 0 Å². The summed E-state index contributed by atoms with van der Waals surface area (Å²) in [7, 11) is 1.28. The summed E-state index contributed by atoms with van der Waals surface area (Å²) in [6.07, 6.45) is 1.05. The molecule has 2 rings (SSSR count). The predicted octanol–water partition coefficient (Wildman–Crippen LogP) is 2.23. The molecular weight excluding hydrogens is 242 g/mol. The molecule has 1 aromatic rings. The zero-order valence-corrected chi connectivity index (χ0v) is 10.1. The molecule has 1 aliphatic rings. The molecule has 1 saturated carbocycles. The number of benzene rings is 1. The average molecular weight is 254 g/mol. The third kappa shape index (κ3) is 2.13. The van der Waals surface area contributed by atoms with E-state index in [1.165, 1.54) is 7.11 Å². The Morgan fingerprint density at radius 2 is 2.00 bits per heavy atom. The number of carbonyl (C=O) groups is 2. The number of esters is 1. The molecule has 90 valence electrons. The molecule has 1 amide bonds. The lowest BCUT2D eigenvalue weighted by Gasteiger charge is -2.13. The van der Waals surface area contributed by atoms with Crippen LogP contribution in [0.4, 0.5) is 5.69 Å². The molecule has 0 spiro atoms. The van der Waals surface area contributed by atoms with Crippen molar-refractivity contribution in [3.63, 3.8) is 0 Å². The lowest BCUT2D eigenvalue weighted by atomic mass is 10.1. The Labute approximate surface area is 104 Å². The molecule has 5 heteroatoms. The summed E-state index contributed by atoms with van der Waals surface area (Å²) in [6, 6.07) is 6.90. The Bertz CT molecular complexity index is 469. The topological polar surface area (TPSA) is 55.4 Å². The summed E-state index contributed by atoms with van der Waals surface area (Å²) in [5.74, 6) is -0.834. The summed E-state index contributed by atoms with van der Waals surface area (Å²) in [5.41, 5.74) is -0.497. The van der Waals surface area contributed by atoms with Crippen LogP contribution < -0.4 is 5.32 Å². The minimum atomic E-state index is -1.01. The first-order valence-corrected chi connectivity index (χ1v) is 5.62. The van der Waals surface area contributed by atoms with E-state index in [0.717, 1.165) is 0 Å². The summed E-state index contributed by atoms with van der Waals surface area (Å²) >= 11 is 5.92. The van der Waals surface area contributed by atoms with Gasteiger partial charge in [0.05, 0.1) is 17.8 Å². The zero-order chi connectivity index (χ0) is 12.5. The van der Waals surface area contributed by atoms with E-state index in [1.807, 2.05) is 0 Å². The van der Waals surface area contributed by atoms with Crippen LogP contribution in [0.1, 0.15) is 12.8 Å². The monoisotopic (exact) mass is 253 g/mol. The fourth-order valence-electron chi connectivity index (χ4n) is 1.65. The Balaban J connectivity index is 2.13. The number of hydrogen-bond donors (Lipinski definition) is 1. The highest BCUT2D eigenvalue weighted by molar-refractivity contribution is 6.34. The summed E-state index contributed by atoms with van der Waals surface area (Å²) in [4.78, 5) is 23.5. The maximum Gasteiger partial charge on any atom is 0.321 e. The molecule has 1 N–H and O–H groups in total. The van der Waals surface area contributed by atoms with E-state index in [1.54, 1.807) is 24.3 Å². The molecule has 0 aliphatic heterocycles. The molecule has 0 heterocycles. The number of nitrogens with one attached hydrogen (secondary N) is 1. The highest BCUT2D eigenvalue weighted by atomic mass is 35.5. The number of amides is 1. The van der Waals surface area contributed by atoms with Gasteiger partial charge in [0, 0.05) is 0 Å². The predicted molar refractivity (Wildman–Crippen MR) is 63.8 cm³/mol. The molecule has 0 unspecified atom stereocenters. The molecule has 0 atom stereocenters. The van der Waals surface area contributed by atoms with Gasteiger partial charge >= 0.3 is 5.97 Å². The highest BCUT2D eigenvalue weighted by Crippen LogP contribution is 2.47. The third-order valence-corrected chi connectivity index (χ3v) is 3.21. The molecular formula is C12H12ClNO3. The number of methoxy groups -OCH3 is 1. The second-order valence-electron chi connectivity index (χ2n) is 4.01. The summed E-state index contributed by atoms with van der Waals surface area (Å²) < 4.78 is 4.63. The van der Waals surface area contributed by atoms with E-state index in [9.17, 15) is 9.59 Å². The lowest BCUT2D eigenvalue weighted by Crippen LogP contribution is -2.32. The van der Waals surface area contributed by atoms with Gasteiger partial charge in [-0.3, -0.25) is 9.59 Å². The minimum Gasteiger partial charge on any atom is -0.468 e. The highest BCUT2D eigenvalue weighted by Gasteiger charge is 2.57. The Morgan fingerprint density at radius 3 is 2.53 bits per heavy atom. The van der Waals surface area contributed by atoms with Gasteiger partial charge in [-0.25, -0.2) is 0 Å². The maximum atomic E-state index is 12.0. The van der Waals surface area contributed by atoms with Crippen LogP contribution in [0.3, 0.4) is 0 Å². The lowest BCUT2D eigenvalue weighted by molar-refractivity contribution is -0.150. The van der Waals surface area contributed by atoms with Crippen LogP contribution in [0, 0.1) is 5.41 Å². The van der Waals surface area contributed by atoms with Gasteiger partial charge in [-0.1, -0.05) is 23.7 Å². The molecule has 17 heavy (non-hydrogen) atoms. The van der Waals surface area contributed by atoms with Gasteiger partial charge in [-0.2, -0.15) is 0 Å². The van der Waals surface area contributed by atoms with Gasteiger partial charge in [-0.05, 0) is 25.0 Å². The van der Waals surface area contributed by atoms with Crippen LogP contribution in [0.2, 0.25) is 5.02 Å². The molecule has 0 radical (unpaired) electrons. The third-order valence-electron chi connectivity index (χ3n) is 2.88. The first-order chi connectivity index (χ1) is 8.10. The van der Waals surface area contributed by atoms with E-state index in [2.05, 4.69) is 10.1 Å². The van der Waals surface area contributed by atoms with Gasteiger partial charge < -0.3 is 10.1 Å². The van der Waals surface area contributed by atoms with Crippen molar-refractivity contribution in [1.82, 2.24) is 0 Å². The van der Waals surface area contributed by atoms with Crippen molar-refractivity contribution in [2.75, 3.05) is 12.4 Å². The number of para-hydroxylation sites is 1. The van der Waals surface area contributed by atoms with E-state index in [0.29, 0.717) is 23.6 Å². The van der Waals surface area contributed by atoms with Gasteiger partial charge in [0.25, 0.3) is 0 Å². The molecule has 0 bridgehead atoms. The SMILES string of the molecule is COC(=O)C1(C(=O)Nc2ccccc2Cl)CC1. The van der Waals surface area contributed by atoms with E-state index < -0.39 is 11.4 Å². The van der Waals surface area contributed by atoms with Gasteiger partial charge in [0.15, 0.2) is 0 Å². The van der Waals surface area contributed by atoms with Crippen molar-refractivity contribution >= 4 is 29.2 Å². The maximum absolute atomic E-state index is 12.0. The van der Waals surface area contributed by atoms with Crippen molar-refractivity contribution in [2.24, 2.45) is 5.41 Å². The van der Waals surface area contributed by atoms with Gasteiger partial charge in [0.1, 0.15) is 5.41 Å². The Hall–Kier alpha value is -1.55. The van der Waals surface area contributed by atoms with Crippen LogP contribution in [0.25, 0.3) is 0 Å². The number of anilines is 1. The van der Waals surface area contributed by atoms with Crippen molar-refractivity contribution < 1.29 is 14.3 Å². The molecule has 0 aromatic heterocycles. The smallest absolute Gasteiger partial charge is 0.321 e. The largest absolute Gasteiger partial charge is 0.468 e. The Kier molecular flexibility index (Phi) is 3.07. The fourth-order valence-corrected chi connectivity index (χ4v) is 1.83. The number of hydrogen-bond acceptors (Lipinski definition) is 3.